The van der Waals surface area contributed by atoms with Crippen LogP contribution in [0.4, 0.5) is 0 Å². The molecule has 0 saturated carbocycles. The van der Waals surface area contributed by atoms with Crippen molar-refractivity contribution in [1.82, 2.24) is 4.90 Å². The highest BCUT2D eigenvalue weighted by Crippen LogP contribution is 2.38. The fraction of sp³-hybridized carbons (Fsp3) is 0.154. The molecule has 1 aromatic heterocycles. The summed E-state index contributed by atoms with van der Waals surface area (Å²) in [7, 11) is 1.63. The lowest BCUT2D eigenvalue weighted by molar-refractivity contribution is 0.0730. The number of amides is 1. The first-order chi connectivity index (χ1) is 15.6. The van der Waals surface area contributed by atoms with Crippen LogP contribution in [0.25, 0.3) is 11.0 Å². The molecule has 1 amide bonds. The van der Waals surface area contributed by atoms with Crippen molar-refractivity contribution in [2.45, 2.75) is 12.5 Å². The van der Waals surface area contributed by atoms with Gasteiger partial charge in [-0.25, -0.2) is 0 Å². The normalized spacial score (nSPS) is 15.2. The van der Waals surface area contributed by atoms with E-state index in [0.29, 0.717) is 29.5 Å². The van der Waals surface area contributed by atoms with Crippen LogP contribution in [-0.2, 0) is 6.42 Å². The second kappa shape index (κ2) is 8.28. The van der Waals surface area contributed by atoms with Crippen LogP contribution >= 0.6 is 15.9 Å². The third-order valence-corrected chi connectivity index (χ3v) is 6.34. The Labute approximate surface area is 193 Å². The summed E-state index contributed by atoms with van der Waals surface area (Å²) in [6.45, 7) is 0.453. The number of carbonyl (C=O) groups is 1. The molecule has 1 aliphatic rings. The molecule has 1 aliphatic heterocycles. The number of hydrogen-bond donors (Lipinski definition) is 0. The molecule has 4 aromatic rings. The summed E-state index contributed by atoms with van der Waals surface area (Å²) < 4.78 is 12.0. The summed E-state index contributed by atoms with van der Waals surface area (Å²) in [5.41, 5.74) is 2.61. The Bertz CT molecular complexity index is 1360. The lowest BCUT2D eigenvalue weighted by atomic mass is 9.98. The van der Waals surface area contributed by atoms with E-state index >= 15 is 0 Å². The summed E-state index contributed by atoms with van der Waals surface area (Å²) in [5.74, 6) is 0.658. The van der Waals surface area contributed by atoms with Gasteiger partial charge in [-0.15, -0.1) is 0 Å². The zero-order chi connectivity index (χ0) is 22.2. The van der Waals surface area contributed by atoms with Gasteiger partial charge in [-0.1, -0.05) is 58.4 Å². The molecule has 5 nitrogen and oxygen atoms in total. The zero-order valence-electron chi connectivity index (χ0n) is 17.4. The van der Waals surface area contributed by atoms with Crippen LogP contribution in [0.15, 0.2) is 86.5 Å². The van der Waals surface area contributed by atoms with Gasteiger partial charge in [0.2, 0.25) is 5.76 Å². The smallest absolute Gasteiger partial charge is 0.290 e. The van der Waals surface area contributed by atoms with E-state index in [4.69, 9.17) is 9.15 Å². The minimum absolute atomic E-state index is 0.133. The molecule has 32 heavy (non-hydrogen) atoms. The molecule has 2 heterocycles. The highest BCUT2D eigenvalue weighted by atomic mass is 79.9. The quantitative estimate of drug-likeness (QED) is 0.379. The van der Waals surface area contributed by atoms with E-state index in [0.717, 1.165) is 21.3 Å². The zero-order valence-corrected chi connectivity index (χ0v) is 19.0. The molecular formula is C26H20BrNO4. The molecule has 0 N–H and O–H groups in total. The van der Waals surface area contributed by atoms with E-state index in [1.54, 1.807) is 30.2 Å². The largest absolute Gasteiger partial charge is 0.497 e. The van der Waals surface area contributed by atoms with Crippen molar-refractivity contribution in [3.8, 4) is 5.75 Å². The van der Waals surface area contributed by atoms with Gasteiger partial charge in [0, 0.05) is 11.0 Å². The van der Waals surface area contributed by atoms with Gasteiger partial charge in [0.15, 0.2) is 5.43 Å². The topological polar surface area (TPSA) is 59.8 Å². The Morgan fingerprint density at radius 2 is 1.75 bits per heavy atom. The molecule has 5 rings (SSSR count). The number of rotatable bonds is 5. The third kappa shape index (κ3) is 3.50. The lowest BCUT2D eigenvalue weighted by Gasteiger charge is -2.25. The number of methoxy groups -OCH3 is 1. The molecule has 0 radical (unpaired) electrons. The van der Waals surface area contributed by atoms with E-state index in [1.165, 1.54) is 0 Å². The molecule has 0 unspecified atom stereocenters. The molecule has 0 aliphatic carbocycles. The summed E-state index contributed by atoms with van der Waals surface area (Å²) in [4.78, 5) is 28.7. The molecule has 6 heteroatoms. The number of hydrogen-bond acceptors (Lipinski definition) is 4. The van der Waals surface area contributed by atoms with E-state index in [9.17, 15) is 9.59 Å². The summed E-state index contributed by atoms with van der Waals surface area (Å²) in [6.07, 6.45) is 0.645. The van der Waals surface area contributed by atoms with Crippen molar-refractivity contribution in [2.75, 3.05) is 13.7 Å². The van der Waals surface area contributed by atoms with Crippen molar-refractivity contribution in [3.63, 3.8) is 0 Å². The predicted molar refractivity (Wildman–Crippen MR) is 126 cm³/mol. The first-order valence-corrected chi connectivity index (χ1v) is 11.1. The maximum absolute atomic E-state index is 13.5. The molecule has 160 valence electrons. The first kappa shape index (κ1) is 20.5. The van der Waals surface area contributed by atoms with Gasteiger partial charge < -0.3 is 14.1 Å². The van der Waals surface area contributed by atoms with Crippen LogP contribution < -0.4 is 10.2 Å². The van der Waals surface area contributed by atoms with Gasteiger partial charge in [-0.3, -0.25) is 9.59 Å². The van der Waals surface area contributed by atoms with Gasteiger partial charge in [-0.05, 0) is 47.9 Å². The van der Waals surface area contributed by atoms with Crippen molar-refractivity contribution in [3.05, 3.63) is 110 Å². The SMILES string of the molecule is COc1ccc(CCN2C(=O)c3oc4ccc(Br)cc4c(=O)c3[C@@H]2c2ccccc2)cc1. The number of fused-ring (bicyclic) bond motifs is 2. The number of benzene rings is 3. The van der Waals surface area contributed by atoms with Crippen LogP contribution in [0.1, 0.15) is 33.3 Å². The Kier molecular flexibility index (Phi) is 5.31. The van der Waals surface area contributed by atoms with Crippen molar-refractivity contribution >= 4 is 32.8 Å². The maximum Gasteiger partial charge on any atom is 0.290 e. The van der Waals surface area contributed by atoms with Gasteiger partial charge in [0.25, 0.3) is 5.91 Å². The number of halogens is 1. The first-order valence-electron chi connectivity index (χ1n) is 10.3. The number of ether oxygens (including phenoxy) is 1. The fourth-order valence-electron chi connectivity index (χ4n) is 4.25. The molecule has 0 spiro atoms. The van der Waals surface area contributed by atoms with Gasteiger partial charge in [0.1, 0.15) is 11.3 Å². The standard InChI is InChI=1S/C26H20BrNO4/c1-31-19-10-7-16(8-11-19)13-14-28-23(17-5-3-2-4-6-17)22-24(29)20-15-18(27)9-12-21(20)32-25(22)26(28)30/h2-12,15,23H,13-14H2,1H3/t23-/m0/s1. The molecule has 0 bridgehead atoms. The highest BCUT2D eigenvalue weighted by molar-refractivity contribution is 9.10. The molecule has 3 aromatic carbocycles. The van der Waals surface area contributed by atoms with E-state index in [1.807, 2.05) is 54.6 Å². The fourth-order valence-corrected chi connectivity index (χ4v) is 4.61. The Morgan fingerprint density at radius 1 is 1.00 bits per heavy atom. The number of nitrogens with zero attached hydrogens (tertiary/aromatic N) is 1. The molecule has 0 fully saturated rings. The monoisotopic (exact) mass is 489 g/mol. The van der Waals surface area contributed by atoms with Crippen LogP contribution in [-0.4, -0.2) is 24.5 Å². The average molecular weight is 490 g/mol. The van der Waals surface area contributed by atoms with Gasteiger partial charge in [0.05, 0.1) is 24.1 Å². The molecular weight excluding hydrogens is 470 g/mol. The minimum atomic E-state index is -0.489. The Balaban J connectivity index is 1.59. The maximum atomic E-state index is 13.5. The van der Waals surface area contributed by atoms with E-state index in [-0.39, 0.29) is 17.1 Å². The van der Waals surface area contributed by atoms with Crippen molar-refractivity contribution < 1.29 is 13.9 Å². The third-order valence-electron chi connectivity index (χ3n) is 5.84. The second-order valence-corrected chi connectivity index (χ2v) is 8.64. The van der Waals surface area contributed by atoms with E-state index < -0.39 is 6.04 Å². The molecule has 1 atom stereocenters. The van der Waals surface area contributed by atoms with Crippen LogP contribution in [0.2, 0.25) is 0 Å². The van der Waals surface area contributed by atoms with E-state index in [2.05, 4.69) is 15.9 Å². The molecule has 0 saturated heterocycles. The van der Waals surface area contributed by atoms with Crippen molar-refractivity contribution in [2.24, 2.45) is 0 Å². The highest BCUT2D eigenvalue weighted by Gasteiger charge is 2.42. The Hall–Kier alpha value is -3.38. The van der Waals surface area contributed by atoms with Gasteiger partial charge in [-0.2, -0.15) is 0 Å². The van der Waals surface area contributed by atoms with Crippen LogP contribution in [0.5, 0.6) is 5.75 Å². The second-order valence-electron chi connectivity index (χ2n) is 7.72. The van der Waals surface area contributed by atoms with Gasteiger partial charge >= 0.3 is 0 Å². The van der Waals surface area contributed by atoms with Crippen molar-refractivity contribution in [1.29, 1.82) is 0 Å². The Morgan fingerprint density at radius 3 is 2.47 bits per heavy atom. The summed E-state index contributed by atoms with van der Waals surface area (Å²) in [5, 5.41) is 0.462. The summed E-state index contributed by atoms with van der Waals surface area (Å²) >= 11 is 3.43. The predicted octanol–water partition coefficient (Wildman–Crippen LogP) is 5.35. The van der Waals surface area contributed by atoms with Crippen LogP contribution in [0, 0.1) is 0 Å². The van der Waals surface area contributed by atoms with Crippen LogP contribution in [0.3, 0.4) is 0 Å². The lowest BCUT2D eigenvalue weighted by Crippen LogP contribution is -2.31. The summed E-state index contributed by atoms with van der Waals surface area (Å²) in [6, 6.07) is 22.2. The average Bonchev–Trinajstić information content (AvgIpc) is 3.11. The number of carbonyl (C=O) groups excluding carboxylic acids is 1. The minimum Gasteiger partial charge on any atom is -0.497 e.